The zero-order chi connectivity index (χ0) is 29.6. The van der Waals surface area contributed by atoms with Crippen LogP contribution in [-0.4, -0.2) is 46.4 Å². The van der Waals surface area contributed by atoms with E-state index in [0.29, 0.717) is 24.1 Å². The van der Waals surface area contributed by atoms with Crippen LogP contribution in [0.5, 0.6) is 0 Å². The SMILES string of the molecule is C=Cc1cccc(C(C(=O)Nc2c(C)cccc2C)N(C(=O)C(CC(N)=O)NC(=O)OC(C)(C)C)C2CCC2)c1. The molecular formula is C31H40N4O5. The quantitative estimate of drug-likeness (QED) is 0.393. The van der Waals surface area contributed by atoms with Gasteiger partial charge in [0, 0.05) is 11.7 Å². The smallest absolute Gasteiger partial charge is 0.408 e. The van der Waals surface area contributed by atoms with Gasteiger partial charge in [0.05, 0.1) is 6.42 Å². The summed E-state index contributed by atoms with van der Waals surface area (Å²) < 4.78 is 5.35. The summed E-state index contributed by atoms with van der Waals surface area (Å²) in [5.74, 6) is -1.76. The highest BCUT2D eigenvalue weighted by molar-refractivity contribution is 6.00. The van der Waals surface area contributed by atoms with Crippen molar-refractivity contribution >= 4 is 35.6 Å². The van der Waals surface area contributed by atoms with Gasteiger partial charge in [0.25, 0.3) is 5.91 Å². The Hall–Kier alpha value is -4.14. The molecule has 1 aliphatic carbocycles. The second-order valence-corrected chi connectivity index (χ2v) is 11.2. The van der Waals surface area contributed by atoms with Crippen molar-refractivity contribution in [2.75, 3.05) is 5.32 Å². The molecule has 0 radical (unpaired) electrons. The van der Waals surface area contributed by atoms with Gasteiger partial charge in [-0.15, -0.1) is 0 Å². The Bertz CT molecular complexity index is 1260. The molecule has 9 heteroatoms. The number of nitrogens with two attached hydrogens (primary N) is 1. The van der Waals surface area contributed by atoms with Crippen LogP contribution in [0.25, 0.3) is 6.08 Å². The Balaban J connectivity index is 2.09. The Kier molecular flexibility index (Phi) is 9.74. The van der Waals surface area contributed by atoms with Gasteiger partial charge in [-0.1, -0.05) is 49.1 Å². The van der Waals surface area contributed by atoms with Gasteiger partial charge in [-0.25, -0.2) is 4.79 Å². The molecule has 2 aromatic carbocycles. The highest BCUT2D eigenvalue weighted by Crippen LogP contribution is 2.35. The standard InChI is InChI=1S/C31H40N4O5/c1-7-21-13-9-14-22(17-21)27(28(37)34-26-19(2)11-8-12-20(26)3)35(23-15-10-16-23)29(38)24(18-25(32)36)33-30(39)40-31(4,5)6/h7-9,11-14,17,23-24,27H,1,10,15-16,18H2,2-6H3,(H2,32,36)(H,33,39)(H,34,37). The van der Waals surface area contributed by atoms with Crippen LogP contribution < -0.4 is 16.4 Å². The fraction of sp³-hybridized carbons (Fsp3) is 0.419. The molecule has 1 fully saturated rings. The van der Waals surface area contributed by atoms with Crippen LogP contribution in [0.3, 0.4) is 0 Å². The van der Waals surface area contributed by atoms with E-state index in [9.17, 15) is 19.2 Å². The molecular weight excluding hydrogens is 508 g/mol. The number of amides is 4. The Morgan fingerprint density at radius 2 is 1.73 bits per heavy atom. The van der Waals surface area contributed by atoms with E-state index < -0.39 is 47.9 Å². The summed E-state index contributed by atoms with van der Waals surface area (Å²) in [6.45, 7) is 12.7. The van der Waals surface area contributed by atoms with Crippen LogP contribution in [0.4, 0.5) is 10.5 Å². The number of anilines is 1. The van der Waals surface area contributed by atoms with Gasteiger partial charge in [0.15, 0.2) is 0 Å². The molecule has 214 valence electrons. The van der Waals surface area contributed by atoms with Crippen molar-refractivity contribution in [3.63, 3.8) is 0 Å². The molecule has 0 saturated heterocycles. The van der Waals surface area contributed by atoms with Gasteiger partial charge >= 0.3 is 6.09 Å². The number of benzene rings is 2. The lowest BCUT2D eigenvalue weighted by molar-refractivity contribution is -0.146. The average Bonchev–Trinajstić information content (AvgIpc) is 2.82. The number of carbonyl (C=O) groups excluding carboxylic acids is 4. The number of nitrogens with zero attached hydrogens (tertiary/aromatic N) is 1. The van der Waals surface area contributed by atoms with Crippen LogP contribution >= 0.6 is 0 Å². The molecule has 2 unspecified atom stereocenters. The molecule has 9 nitrogen and oxygen atoms in total. The zero-order valence-electron chi connectivity index (χ0n) is 24.0. The fourth-order valence-corrected chi connectivity index (χ4v) is 4.71. The number of carbonyl (C=O) groups is 4. The largest absolute Gasteiger partial charge is 0.444 e. The monoisotopic (exact) mass is 548 g/mol. The van der Waals surface area contributed by atoms with E-state index in [1.165, 1.54) is 4.90 Å². The second kappa shape index (κ2) is 12.8. The third-order valence-electron chi connectivity index (χ3n) is 6.83. The van der Waals surface area contributed by atoms with Crippen molar-refractivity contribution in [2.45, 2.75) is 84.0 Å². The minimum atomic E-state index is -1.31. The average molecular weight is 549 g/mol. The summed E-state index contributed by atoms with van der Waals surface area (Å²) in [5, 5.41) is 5.57. The number of alkyl carbamates (subject to hydrolysis) is 1. The molecule has 0 aromatic heterocycles. The van der Waals surface area contributed by atoms with Gasteiger partial charge in [-0.2, -0.15) is 0 Å². The molecule has 2 aromatic rings. The van der Waals surface area contributed by atoms with Crippen molar-refractivity contribution in [3.8, 4) is 0 Å². The van der Waals surface area contributed by atoms with E-state index in [0.717, 1.165) is 23.1 Å². The van der Waals surface area contributed by atoms with Crippen LogP contribution in [0.15, 0.2) is 49.0 Å². The molecule has 40 heavy (non-hydrogen) atoms. The van der Waals surface area contributed by atoms with Gasteiger partial charge in [-0.05, 0) is 82.2 Å². The second-order valence-electron chi connectivity index (χ2n) is 11.2. The molecule has 0 bridgehead atoms. The van der Waals surface area contributed by atoms with Crippen molar-refractivity contribution in [1.29, 1.82) is 0 Å². The molecule has 1 saturated carbocycles. The summed E-state index contributed by atoms with van der Waals surface area (Å²) in [5.41, 5.74) is 8.45. The minimum absolute atomic E-state index is 0.274. The zero-order valence-corrected chi connectivity index (χ0v) is 24.0. The number of nitrogens with one attached hydrogen (secondary N) is 2. The van der Waals surface area contributed by atoms with Crippen molar-refractivity contribution in [1.82, 2.24) is 10.2 Å². The summed E-state index contributed by atoms with van der Waals surface area (Å²) in [6, 6.07) is 10.3. The molecule has 4 N–H and O–H groups in total. The number of ether oxygens (including phenoxy) is 1. The van der Waals surface area contributed by atoms with E-state index in [1.54, 1.807) is 39.0 Å². The Morgan fingerprint density at radius 1 is 1.10 bits per heavy atom. The molecule has 0 heterocycles. The predicted molar refractivity (Wildman–Crippen MR) is 155 cm³/mol. The normalized spacial score (nSPS) is 14.7. The number of hydrogen-bond donors (Lipinski definition) is 3. The lowest BCUT2D eigenvalue weighted by atomic mass is 9.87. The summed E-state index contributed by atoms with van der Waals surface area (Å²) >= 11 is 0. The van der Waals surface area contributed by atoms with E-state index in [2.05, 4.69) is 17.2 Å². The summed E-state index contributed by atoms with van der Waals surface area (Å²) in [7, 11) is 0. The van der Waals surface area contributed by atoms with Crippen LogP contribution in [0.1, 0.15) is 74.8 Å². The van der Waals surface area contributed by atoms with Gasteiger partial charge < -0.3 is 26.0 Å². The fourth-order valence-electron chi connectivity index (χ4n) is 4.71. The van der Waals surface area contributed by atoms with Crippen molar-refractivity contribution in [2.24, 2.45) is 5.73 Å². The van der Waals surface area contributed by atoms with Crippen molar-refractivity contribution in [3.05, 3.63) is 71.3 Å². The first-order valence-corrected chi connectivity index (χ1v) is 13.5. The first-order chi connectivity index (χ1) is 18.8. The van der Waals surface area contributed by atoms with E-state index in [-0.39, 0.29) is 6.04 Å². The topological polar surface area (TPSA) is 131 Å². The molecule has 2 atom stereocenters. The summed E-state index contributed by atoms with van der Waals surface area (Å²) in [6.07, 6.45) is 2.60. The lowest BCUT2D eigenvalue weighted by Gasteiger charge is -2.43. The van der Waals surface area contributed by atoms with Crippen LogP contribution in [-0.2, 0) is 19.1 Å². The minimum Gasteiger partial charge on any atom is -0.444 e. The Labute approximate surface area is 236 Å². The van der Waals surface area contributed by atoms with E-state index in [4.69, 9.17) is 10.5 Å². The highest BCUT2D eigenvalue weighted by Gasteiger charge is 2.42. The Morgan fingerprint density at radius 3 is 2.25 bits per heavy atom. The maximum absolute atomic E-state index is 14.2. The van der Waals surface area contributed by atoms with Gasteiger partial charge in [0.1, 0.15) is 17.7 Å². The number of rotatable bonds is 10. The molecule has 0 aliphatic heterocycles. The lowest BCUT2D eigenvalue weighted by Crippen LogP contribution is -2.57. The molecule has 1 aliphatic rings. The maximum Gasteiger partial charge on any atom is 0.408 e. The first-order valence-electron chi connectivity index (χ1n) is 13.5. The number of primary amides is 1. The summed E-state index contributed by atoms with van der Waals surface area (Å²) in [4.78, 5) is 54.5. The third-order valence-corrected chi connectivity index (χ3v) is 6.83. The van der Waals surface area contributed by atoms with Crippen molar-refractivity contribution < 1.29 is 23.9 Å². The number of aryl methyl sites for hydroxylation is 2. The predicted octanol–water partition coefficient (Wildman–Crippen LogP) is 4.78. The molecule has 4 amide bonds. The highest BCUT2D eigenvalue weighted by atomic mass is 16.6. The van der Waals surface area contributed by atoms with Gasteiger partial charge in [0.2, 0.25) is 11.8 Å². The third kappa shape index (κ3) is 7.71. The molecule has 0 spiro atoms. The molecule has 3 rings (SSSR count). The van der Waals surface area contributed by atoms with Crippen LogP contribution in [0, 0.1) is 13.8 Å². The van der Waals surface area contributed by atoms with E-state index >= 15 is 0 Å². The maximum atomic E-state index is 14.2. The number of para-hydroxylation sites is 1. The van der Waals surface area contributed by atoms with Gasteiger partial charge in [-0.3, -0.25) is 14.4 Å². The van der Waals surface area contributed by atoms with Crippen LogP contribution in [0.2, 0.25) is 0 Å². The first kappa shape index (κ1) is 30.4. The number of hydrogen-bond acceptors (Lipinski definition) is 5. The van der Waals surface area contributed by atoms with E-state index in [1.807, 2.05) is 44.2 Å².